The van der Waals surface area contributed by atoms with E-state index in [9.17, 15) is 13.2 Å². The lowest BCUT2D eigenvalue weighted by atomic mass is 10.1. The molecule has 1 fully saturated rings. The van der Waals surface area contributed by atoms with E-state index in [1.165, 1.54) is 0 Å². The average molecular weight is 379 g/mol. The van der Waals surface area contributed by atoms with Gasteiger partial charge < -0.3 is 19.6 Å². The Morgan fingerprint density at radius 1 is 1.22 bits per heavy atom. The Hall–Kier alpha value is -2.55. The van der Waals surface area contributed by atoms with Crippen molar-refractivity contribution < 1.29 is 17.6 Å². The molecule has 0 radical (unpaired) electrons. The van der Waals surface area contributed by atoms with Crippen LogP contribution in [0.3, 0.4) is 0 Å². The van der Waals surface area contributed by atoms with E-state index in [2.05, 4.69) is 9.97 Å². The van der Waals surface area contributed by atoms with Gasteiger partial charge in [0.25, 0.3) is 0 Å². The minimum Gasteiger partial charge on any atom is -0.444 e. The predicted octanol–water partition coefficient (Wildman–Crippen LogP) is 2.84. The molecule has 0 bridgehead atoms. The highest BCUT2D eigenvalue weighted by Crippen LogP contribution is 2.28. The Balaban J connectivity index is 1.81. The molecule has 1 unspecified atom stereocenters. The van der Waals surface area contributed by atoms with Gasteiger partial charge in [-0.25, -0.2) is 23.1 Å². The lowest BCUT2D eigenvalue weighted by Crippen LogP contribution is -2.50. The van der Waals surface area contributed by atoms with E-state index < -0.39 is 23.8 Å². The normalized spacial score (nSPS) is 20.6. The van der Waals surface area contributed by atoms with Gasteiger partial charge in [0.2, 0.25) is 11.8 Å². The number of alkyl halides is 1. The summed E-state index contributed by atoms with van der Waals surface area (Å²) in [5.41, 5.74) is 7.34. The van der Waals surface area contributed by atoms with E-state index in [0.717, 1.165) is 17.8 Å². The van der Waals surface area contributed by atoms with Gasteiger partial charge in [-0.2, -0.15) is 0 Å². The first-order chi connectivity index (χ1) is 12.8. The fourth-order valence-electron chi connectivity index (χ4n) is 3.38. The minimum atomic E-state index is -1.08. The average Bonchev–Trinajstić information content (AvgIpc) is 3.11. The Labute approximate surface area is 153 Å². The zero-order chi connectivity index (χ0) is 19.3. The fourth-order valence-corrected chi connectivity index (χ4v) is 3.38. The van der Waals surface area contributed by atoms with E-state index in [0.29, 0.717) is 35.2 Å². The van der Waals surface area contributed by atoms with E-state index in [-0.39, 0.29) is 19.5 Å². The van der Waals surface area contributed by atoms with Gasteiger partial charge >= 0.3 is 0 Å². The maximum Gasteiger partial charge on any atom is 0.214 e. The number of aryl methyl sites for hydroxylation is 2. The lowest BCUT2D eigenvalue weighted by Gasteiger charge is -2.33. The smallest absolute Gasteiger partial charge is 0.214 e. The van der Waals surface area contributed by atoms with Crippen LogP contribution in [0.5, 0.6) is 0 Å². The third-order valence-electron chi connectivity index (χ3n) is 4.99. The van der Waals surface area contributed by atoms with Gasteiger partial charge in [-0.1, -0.05) is 0 Å². The van der Waals surface area contributed by atoms with Crippen LogP contribution in [-0.2, 0) is 6.54 Å². The monoisotopic (exact) mass is 379 g/mol. The van der Waals surface area contributed by atoms with Crippen LogP contribution in [0.1, 0.15) is 23.8 Å². The topological polar surface area (TPSA) is 73.1 Å². The zero-order valence-corrected chi connectivity index (χ0v) is 15.0. The molecule has 6 nitrogen and oxygen atoms in total. The number of oxazole rings is 1. The number of hydrogen-bond acceptors (Lipinski definition) is 5. The second kappa shape index (κ2) is 6.56. The van der Waals surface area contributed by atoms with Crippen molar-refractivity contribution in [3.8, 4) is 0 Å². The van der Waals surface area contributed by atoms with Crippen molar-refractivity contribution in [3.05, 3.63) is 41.1 Å². The van der Waals surface area contributed by atoms with E-state index in [1.807, 2.05) is 11.8 Å². The van der Waals surface area contributed by atoms with Crippen LogP contribution in [-0.4, -0.2) is 39.8 Å². The molecular formula is C18H20F3N5O. The van der Waals surface area contributed by atoms with Crippen molar-refractivity contribution in [2.24, 2.45) is 5.73 Å². The minimum absolute atomic E-state index is 0.191. The van der Waals surface area contributed by atoms with Crippen molar-refractivity contribution >= 4 is 17.0 Å². The van der Waals surface area contributed by atoms with Gasteiger partial charge in [0.15, 0.2) is 11.6 Å². The molecular weight excluding hydrogens is 359 g/mol. The number of aromatic nitrogens is 3. The Morgan fingerprint density at radius 2 is 1.96 bits per heavy atom. The van der Waals surface area contributed by atoms with Crippen molar-refractivity contribution in [2.45, 2.75) is 39.0 Å². The third-order valence-corrected chi connectivity index (χ3v) is 4.99. The highest BCUT2D eigenvalue weighted by atomic mass is 19.2. The first-order valence-corrected chi connectivity index (χ1v) is 8.76. The van der Waals surface area contributed by atoms with Gasteiger partial charge in [-0.3, -0.25) is 0 Å². The van der Waals surface area contributed by atoms with Gasteiger partial charge in [-0.05, 0) is 20.3 Å². The number of hydrogen-bond donors (Lipinski definition) is 1. The Morgan fingerprint density at radius 3 is 2.63 bits per heavy atom. The molecule has 1 aliphatic rings. The quantitative estimate of drug-likeness (QED) is 0.758. The summed E-state index contributed by atoms with van der Waals surface area (Å²) in [6, 6.07) is 1.51. The van der Waals surface area contributed by atoms with Gasteiger partial charge in [-0.15, -0.1) is 0 Å². The van der Waals surface area contributed by atoms with Gasteiger partial charge in [0, 0.05) is 25.2 Å². The van der Waals surface area contributed by atoms with Gasteiger partial charge in [0.05, 0.1) is 22.8 Å². The van der Waals surface area contributed by atoms with E-state index in [1.54, 1.807) is 11.5 Å². The molecule has 27 heavy (non-hydrogen) atoms. The number of benzene rings is 1. The van der Waals surface area contributed by atoms with E-state index in [4.69, 9.17) is 10.2 Å². The molecule has 1 aliphatic heterocycles. The summed E-state index contributed by atoms with van der Waals surface area (Å²) in [6.07, 6.45) is -0.810. The molecule has 0 aliphatic carbocycles. The molecule has 0 amide bonds. The number of halogens is 3. The van der Waals surface area contributed by atoms with Crippen LogP contribution in [0.4, 0.5) is 19.1 Å². The second-order valence-corrected chi connectivity index (χ2v) is 6.92. The first-order valence-electron chi connectivity index (χ1n) is 8.76. The molecule has 2 N–H and O–H groups in total. The molecule has 3 heterocycles. The van der Waals surface area contributed by atoms with Crippen molar-refractivity contribution in [1.29, 1.82) is 0 Å². The molecule has 0 saturated carbocycles. The summed E-state index contributed by atoms with van der Waals surface area (Å²) >= 11 is 0. The summed E-state index contributed by atoms with van der Waals surface area (Å²) in [7, 11) is 0. The van der Waals surface area contributed by atoms with Gasteiger partial charge in [0.1, 0.15) is 18.5 Å². The summed E-state index contributed by atoms with van der Waals surface area (Å²) in [5, 5.41) is 0. The summed E-state index contributed by atoms with van der Waals surface area (Å²) in [5.74, 6) is -0.353. The highest BCUT2D eigenvalue weighted by molar-refractivity contribution is 5.79. The first kappa shape index (κ1) is 17.8. The maximum absolute atomic E-state index is 13.9. The van der Waals surface area contributed by atoms with Crippen molar-refractivity contribution in [2.75, 3.05) is 18.0 Å². The Bertz CT molecular complexity index is 979. The maximum atomic E-state index is 13.9. The molecule has 2 atom stereocenters. The van der Waals surface area contributed by atoms with E-state index >= 15 is 0 Å². The largest absolute Gasteiger partial charge is 0.444 e. The molecule has 4 rings (SSSR count). The third kappa shape index (κ3) is 3.16. The van der Waals surface area contributed by atoms with Crippen molar-refractivity contribution in [1.82, 2.24) is 14.5 Å². The predicted molar refractivity (Wildman–Crippen MR) is 94.4 cm³/mol. The zero-order valence-electron chi connectivity index (χ0n) is 15.0. The van der Waals surface area contributed by atoms with Crippen LogP contribution >= 0.6 is 0 Å². The second-order valence-electron chi connectivity index (χ2n) is 6.92. The molecule has 3 aromatic rings. The SMILES string of the molecule is Cc1nc(Cn2c(N3CCC(F)[C@H](N)C3)nc3cc(F)c(F)cc32)oc1C. The number of piperidine rings is 1. The number of nitrogens with zero attached hydrogens (tertiary/aromatic N) is 4. The number of rotatable bonds is 3. The molecule has 144 valence electrons. The Kier molecular flexibility index (Phi) is 4.33. The number of imidazole rings is 1. The number of fused-ring (bicyclic) bond motifs is 1. The number of nitrogens with two attached hydrogens (primary N) is 1. The standard InChI is InChI=1S/C18H20F3N5O/c1-9-10(2)27-17(23-9)8-26-16-6-13(21)12(20)5-15(16)24-18(26)25-4-3-11(19)14(22)7-25/h5-6,11,14H,3-4,7-8,22H2,1-2H3/t11?,14-/m1/s1. The highest BCUT2D eigenvalue weighted by Gasteiger charge is 2.30. The summed E-state index contributed by atoms with van der Waals surface area (Å²) < 4.78 is 48.7. The number of anilines is 1. The lowest BCUT2D eigenvalue weighted by molar-refractivity contribution is 0.243. The molecule has 1 saturated heterocycles. The van der Waals surface area contributed by atoms with Crippen LogP contribution in [0.15, 0.2) is 16.5 Å². The van der Waals surface area contributed by atoms with Crippen LogP contribution in [0.2, 0.25) is 0 Å². The molecule has 0 spiro atoms. The van der Waals surface area contributed by atoms with Crippen LogP contribution in [0, 0.1) is 25.5 Å². The fraction of sp³-hybridized carbons (Fsp3) is 0.444. The van der Waals surface area contributed by atoms with Crippen LogP contribution < -0.4 is 10.6 Å². The van der Waals surface area contributed by atoms with Crippen molar-refractivity contribution in [3.63, 3.8) is 0 Å². The summed E-state index contributed by atoms with van der Waals surface area (Å²) in [4.78, 5) is 10.6. The summed E-state index contributed by atoms with van der Waals surface area (Å²) in [6.45, 7) is 4.50. The molecule has 2 aromatic heterocycles. The molecule has 9 heteroatoms. The van der Waals surface area contributed by atoms with Crippen LogP contribution in [0.25, 0.3) is 11.0 Å². The molecule has 1 aromatic carbocycles.